The zero-order valence-electron chi connectivity index (χ0n) is 12.8. The van der Waals surface area contributed by atoms with Gasteiger partial charge in [-0.05, 0) is 19.2 Å². The molecule has 0 saturated carbocycles. The van der Waals surface area contributed by atoms with E-state index < -0.39 is 16.6 Å². The maximum absolute atomic E-state index is 13.7. The van der Waals surface area contributed by atoms with Crippen molar-refractivity contribution in [3.05, 3.63) is 69.9 Å². The maximum atomic E-state index is 13.7. The Kier molecular flexibility index (Phi) is 4.22. The van der Waals surface area contributed by atoms with Gasteiger partial charge in [0.05, 0.1) is 23.3 Å². The lowest BCUT2D eigenvalue weighted by Gasteiger charge is -2.17. The summed E-state index contributed by atoms with van der Waals surface area (Å²) in [6.45, 7) is 0.559. The molecule has 0 bridgehead atoms. The lowest BCUT2D eigenvalue weighted by Crippen LogP contribution is -2.22. The van der Waals surface area contributed by atoms with Crippen molar-refractivity contribution in [2.24, 2.45) is 0 Å². The zero-order valence-corrected chi connectivity index (χ0v) is 12.8. The molecule has 0 aliphatic rings. The van der Waals surface area contributed by atoms with E-state index in [-0.39, 0.29) is 12.2 Å². The molecule has 3 aromatic rings. The molecule has 0 aliphatic carbocycles. The van der Waals surface area contributed by atoms with E-state index in [4.69, 9.17) is 0 Å². The first kappa shape index (κ1) is 16.0. The van der Waals surface area contributed by atoms with Crippen LogP contribution in [0.25, 0.3) is 10.9 Å². The van der Waals surface area contributed by atoms with Gasteiger partial charge >= 0.3 is 0 Å². The summed E-state index contributed by atoms with van der Waals surface area (Å²) in [5, 5.41) is 15.9. The molecule has 1 heterocycles. The van der Waals surface area contributed by atoms with Crippen molar-refractivity contribution in [1.82, 2.24) is 14.7 Å². The minimum absolute atomic E-state index is 0.0171. The minimum atomic E-state index is -0.621. The van der Waals surface area contributed by atoms with E-state index in [2.05, 4.69) is 5.10 Å². The average Bonchev–Trinajstić information content (AvgIpc) is 2.92. The number of nitro benzene ring substituents is 1. The van der Waals surface area contributed by atoms with Crippen LogP contribution < -0.4 is 0 Å². The number of halogens is 2. The summed E-state index contributed by atoms with van der Waals surface area (Å²) in [5.74, 6) is -1.23. The van der Waals surface area contributed by atoms with E-state index in [1.54, 1.807) is 28.9 Å². The third kappa shape index (κ3) is 3.23. The molecule has 0 atom stereocenters. The first-order valence-electron chi connectivity index (χ1n) is 7.16. The monoisotopic (exact) mass is 332 g/mol. The number of nitro groups is 1. The van der Waals surface area contributed by atoms with E-state index in [1.807, 2.05) is 0 Å². The second-order valence-corrected chi connectivity index (χ2v) is 5.54. The smallest absolute Gasteiger partial charge is 0.271 e. The van der Waals surface area contributed by atoms with Crippen LogP contribution in [0.15, 0.2) is 42.6 Å². The normalized spacial score (nSPS) is 11.3. The first-order valence-corrected chi connectivity index (χ1v) is 7.16. The number of hydrogen-bond acceptors (Lipinski definition) is 4. The number of hydrogen-bond donors (Lipinski definition) is 0. The summed E-state index contributed by atoms with van der Waals surface area (Å²) in [7, 11) is 1.76. The highest BCUT2D eigenvalue weighted by Crippen LogP contribution is 2.21. The van der Waals surface area contributed by atoms with Crippen molar-refractivity contribution >= 4 is 16.6 Å². The van der Waals surface area contributed by atoms with Crippen LogP contribution in [0.1, 0.15) is 5.56 Å². The molecule has 0 radical (unpaired) electrons. The highest BCUT2D eigenvalue weighted by atomic mass is 19.1. The largest absolute Gasteiger partial charge is 0.283 e. The zero-order chi connectivity index (χ0) is 17.3. The van der Waals surface area contributed by atoms with Gasteiger partial charge in [0, 0.05) is 35.7 Å². The molecular weight excluding hydrogens is 318 g/mol. The number of nitrogens with zero attached hydrogens (tertiary/aromatic N) is 4. The second kappa shape index (κ2) is 6.32. The lowest BCUT2D eigenvalue weighted by molar-refractivity contribution is -0.384. The molecule has 8 heteroatoms. The lowest BCUT2D eigenvalue weighted by atomic mass is 10.2. The number of benzene rings is 2. The van der Waals surface area contributed by atoms with Crippen molar-refractivity contribution in [3.8, 4) is 0 Å². The van der Waals surface area contributed by atoms with E-state index in [0.717, 1.165) is 11.5 Å². The Labute approximate surface area is 136 Å². The van der Waals surface area contributed by atoms with Gasteiger partial charge in [0.2, 0.25) is 0 Å². The quantitative estimate of drug-likeness (QED) is 0.531. The molecule has 24 heavy (non-hydrogen) atoms. The highest BCUT2D eigenvalue weighted by Gasteiger charge is 2.12. The van der Waals surface area contributed by atoms with E-state index in [1.165, 1.54) is 24.3 Å². The first-order chi connectivity index (χ1) is 11.4. The van der Waals surface area contributed by atoms with Gasteiger partial charge in [0.25, 0.3) is 5.69 Å². The van der Waals surface area contributed by atoms with Crippen LogP contribution in [0.3, 0.4) is 0 Å². The van der Waals surface area contributed by atoms with Crippen LogP contribution in [0.5, 0.6) is 0 Å². The summed E-state index contributed by atoms with van der Waals surface area (Å²) in [5.41, 5.74) is 0.966. The number of rotatable bonds is 5. The van der Waals surface area contributed by atoms with Crippen LogP contribution in [-0.2, 0) is 13.2 Å². The third-order valence-electron chi connectivity index (χ3n) is 3.67. The molecule has 2 aromatic carbocycles. The molecule has 0 saturated heterocycles. The van der Waals surface area contributed by atoms with Crippen LogP contribution in [0, 0.1) is 21.7 Å². The molecule has 1 aromatic heterocycles. The van der Waals surface area contributed by atoms with E-state index in [0.29, 0.717) is 17.7 Å². The van der Waals surface area contributed by atoms with Gasteiger partial charge in [-0.2, -0.15) is 5.10 Å². The average molecular weight is 332 g/mol. The fourth-order valence-electron chi connectivity index (χ4n) is 2.50. The second-order valence-electron chi connectivity index (χ2n) is 5.54. The molecule has 0 spiro atoms. The summed E-state index contributed by atoms with van der Waals surface area (Å²) in [6.07, 6.45) is 1.62. The summed E-state index contributed by atoms with van der Waals surface area (Å²) in [6, 6.07) is 7.96. The van der Waals surface area contributed by atoms with Gasteiger partial charge in [0.15, 0.2) is 0 Å². The Morgan fingerprint density at radius 1 is 1.25 bits per heavy atom. The molecular formula is C16H14F2N4O2. The van der Waals surface area contributed by atoms with Crippen molar-refractivity contribution in [3.63, 3.8) is 0 Å². The van der Waals surface area contributed by atoms with Gasteiger partial charge in [-0.1, -0.05) is 6.07 Å². The summed E-state index contributed by atoms with van der Waals surface area (Å²) < 4.78 is 28.3. The van der Waals surface area contributed by atoms with Crippen molar-refractivity contribution in [2.45, 2.75) is 13.2 Å². The van der Waals surface area contributed by atoms with Crippen LogP contribution >= 0.6 is 0 Å². The molecule has 0 N–H and O–H groups in total. The molecule has 3 rings (SSSR count). The van der Waals surface area contributed by atoms with Gasteiger partial charge in [-0.3, -0.25) is 19.7 Å². The Morgan fingerprint density at radius 2 is 2.04 bits per heavy atom. The predicted octanol–water partition coefficient (Wildman–Crippen LogP) is 3.31. The maximum Gasteiger partial charge on any atom is 0.271 e. The molecule has 0 aliphatic heterocycles. The van der Waals surface area contributed by atoms with Crippen molar-refractivity contribution in [2.75, 3.05) is 7.05 Å². The van der Waals surface area contributed by atoms with Gasteiger partial charge < -0.3 is 0 Å². The Morgan fingerprint density at radius 3 is 2.75 bits per heavy atom. The molecule has 6 nitrogen and oxygen atoms in total. The highest BCUT2D eigenvalue weighted by molar-refractivity contribution is 5.80. The Balaban J connectivity index is 1.81. The molecule has 0 fully saturated rings. The number of fused-ring (bicyclic) bond motifs is 1. The van der Waals surface area contributed by atoms with Gasteiger partial charge in [-0.15, -0.1) is 0 Å². The van der Waals surface area contributed by atoms with Crippen molar-refractivity contribution in [1.29, 1.82) is 0 Å². The van der Waals surface area contributed by atoms with Gasteiger partial charge in [-0.25, -0.2) is 8.78 Å². The van der Waals surface area contributed by atoms with E-state index >= 15 is 0 Å². The molecule has 0 unspecified atom stereocenters. The molecule has 124 valence electrons. The number of non-ortho nitro benzene ring substituents is 1. The SMILES string of the molecule is CN(Cc1ccc(F)cc1F)Cn1ncc2ccc([N+](=O)[O-])cc21. The Hall–Kier alpha value is -2.87. The fourth-order valence-corrected chi connectivity index (χ4v) is 2.50. The van der Waals surface area contributed by atoms with Crippen molar-refractivity contribution < 1.29 is 13.7 Å². The van der Waals surface area contributed by atoms with Crippen LogP contribution in [0.4, 0.5) is 14.5 Å². The third-order valence-corrected chi connectivity index (χ3v) is 3.67. The Bertz CT molecular complexity index is 910. The predicted molar refractivity (Wildman–Crippen MR) is 84.2 cm³/mol. The topological polar surface area (TPSA) is 64.2 Å². The summed E-state index contributed by atoms with van der Waals surface area (Å²) in [4.78, 5) is 12.2. The van der Waals surface area contributed by atoms with E-state index in [9.17, 15) is 18.9 Å². The minimum Gasteiger partial charge on any atom is -0.283 e. The van der Waals surface area contributed by atoms with Crippen LogP contribution in [0.2, 0.25) is 0 Å². The molecule has 0 amide bonds. The summed E-state index contributed by atoms with van der Waals surface area (Å²) >= 11 is 0. The van der Waals surface area contributed by atoms with Crippen LogP contribution in [-0.4, -0.2) is 26.7 Å². The number of aromatic nitrogens is 2. The fraction of sp³-hybridized carbons (Fsp3) is 0.188. The standard InChI is InChI=1S/C16H14F2N4O2/c1-20(9-12-2-4-13(17)6-15(12)18)10-21-16-7-14(22(23)24)5-3-11(16)8-19-21/h2-8H,9-10H2,1H3. The van der Waals surface area contributed by atoms with Gasteiger partial charge in [0.1, 0.15) is 11.6 Å².